The predicted molar refractivity (Wildman–Crippen MR) is 72.0 cm³/mol. The average Bonchev–Trinajstić information content (AvgIpc) is 2.23. The lowest BCUT2D eigenvalue weighted by molar-refractivity contribution is 0.175. The van der Waals surface area contributed by atoms with Crippen molar-refractivity contribution in [3.8, 4) is 0 Å². The Hall–Kier alpha value is 0.160. The molecule has 0 heterocycles. The van der Waals surface area contributed by atoms with Crippen LogP contribution >= 0.6 is 11.6 Å². The van der Waals surface area contributed by atoms with Gasteiger partial charge in [-0.05, 0) is 18.8 Å². The Morgan fingerprint density at radius 2 is 1.94 bits per heavy atom. The van der Waals surface area contributed by atoms with Crippen molar-refractivity contribution in [2.45, 2.75) is 26.7 Å². The minimum Gasteiger partial charge on any atom is -0.383 e. The molecule has 0 aliphatic rings. The first kappa shape index (κ1) is 17.2. The van der Waals surface area contributed by atoms with Gasteiger partial charge in [0.25, 0.3) is 0 Å². The topological polar surface area (TPSA) is 46.6 Å². The maximum absolute atomic E-state index is 12.1. The van der Waals surface area contributed by atoms with Crippen LogP contribution in [0.15, 0.2) is 0 Å². The van der Waals surface area contributed by atoms with E-state index in [1.54, 1.807) is 7.11 Å². The quantitative estimate of drug-likeness (QED) is 0.455. The van der Waals surface area contributed by atoms with Crippen LogP contribution in [0.5, 0.6) is 0 Å². The first-order valence-corrected chi connectivity index (χ1v) is 8.11. The summed E-state index contributed by atoms with van der Waals surface area (Å²) < 4.78 is 30.6. The standard InChI is InChI=1S/C11H24ClNO3S/c1-11(2)10-13(7-8-16-3)17(14,15)9-5-4-6-12/h11H,4-10H2,1-3H3. The van der Waals surface area contributed by atoms with Gasteiger partial charge in [0.2, 0.25) is 10.0 Å². The van der Waals surface area contributed by atoms with Crippen molar-refractivity contribution in [1.29, 1.82) is 0 Å². The number of unbranched alkanes of at least 4 members (excludes halogenated alkanes) is 1. The summed E-state index contributed by atoms with van der Waals surface area (Å²) in [6.45, 7) is 5.42. The number of hydrogen-bond acceptors (Lipinski definition) is 3. The van der Waals surface area contributed by atoms with Crippen molar-refractivity contribution in [1.82, 2.24) is 4.31 Å². The van der Waals surface area contributed by atoms with Crippen molar-refractivity contribution in [2.75, 3.05) is 38.4 Å². The summed E-state index contributed by atoms with van der Waals surface area (Å²) in [5, 5.41) is 0. The molecule has 4 nitrogen and oxygen atoms in total. The third-order valence-electron chi connectivity index (χ3n) is 2.29. The highest BCUT2D eigenvalue weighted by Gasteiger charge is 2.21. The minimum atomic E-state index is -3.17. The summed E-state index contributed by atoms with van der Waals surface area (Å²) in [5.41, 5.74) is 0. The van der Waals surface area contributed by atoms with E-state index >= 15 is 0 Å². The fourth-order valence-electron chi connectivity index (χ4n) is 1.45. The van der Waals surface area contributed by atoms with Gasteiger partial charge in [-0.15, -0.1) is 11.6 Å². The van der Waals surface area contributed by atoms with E-state index in [1.807, 2.05) is 13.8 Å². The summed E-state index contributed by atoms with van der Waals surface area (Å²) in [4.78, 5) is 0. The number of sulfonamides is 1. The first-order valence-electron chi connectivity index (χ1n) is 5.96. The smallest absolute Gasteiger partial charge is 0.214 e. The van der Waals surface area contributed by atoms with Gasteiger partial charge in [0, 0.05) is 26.1 Å². The Morgan fingerprint density at radius 3 is 2.41 bits per heavy atom. The Morgan fingerprint density at radius 1 is 1.29 bits per heavy atom. The summed E-state index contributed by atoms with van der Waals surface area (Å²) in [5.74, 6) is 1.00. The van der Waals surface area contributed by atoms with Gasteiger partial charge < -0.3 is 4.74 Å². The molecule has 0 unspecified atom stereocenters. The van der Waals surface area contributed by atoms with Crippen LogP contribution in [-0.4, -0.2) is 51.2 Å². The molecular weight excluding hydrogens is 262 g/mol. The number of halogens is 1. The monoisotopic (exact) mass is 285 g/mol. The Kier molecular flexibility index (Phi) is 9.22. The maximum atomic E-state index is 12.1. The van der Waals surface area contributed by atoms with Crippen LogP contribution in [0.1, 0.15) is 26.7 Å². The second-order valence-corrected chi connectivity index (χ2v) is 6.92. The second-order valence-electron chi connectivity index (χ2n) is 4.46. The molecule has 0 atom stereocenters. The first-order chi connectivity index (χ1) is 7.94. The lowest BCUT2D eigenvalue weighted by atomic mass is 10.2. The Balaban J connectivity index is 4.41. The van der Waals surface area contributed by atoms with Crippen LogP contribution < -0.4 is 0 Å². The highest BCUT2D eigenvalue weighted by atomic mass is 35.5. The summed E-state index contributed by atoms with van der Waals surface area (Å²) in [6, 6.07) is 0. The van der Waals surface area contributed by atoms with E-state index in [0.717, 1.165) is 6.42 Å². The molecule has 0 saturated heterocycles. The molecule has 0 bridgehead atoms. The highest BCUT2D eigenvalue weighted by molar-refractivity contribution is 7.89. The van der Waals surface area contributed by atoms with Crippen LogP contribution in [0.4, 0.5) is 0 Å². The van der Waals surface area contributed by atoms with Crippen molar-refractivity contribution >= 4 is 21.6 Å². The molecule has 0 saturated carbocycles. The largest absolute Gasteiger partial charge is 0.383 e. The van der Waals surface area contributed by atoms with E-state index in [0.29, 0.717) is 37.9 Å². The van der Waals surface area contributed by atoms with Gasteiger partial charge in [-0.2, -0.15) is 4.31 Å². The third kappa shape index (κ3) is 7.97. The van der Waals surface area contributed by atoms with Gasteiger partial charge >= 0.3 is 0 Å². The molecule has 0 aliphatic carbocycles. The second kappa shape index (κ2) is 9.14. The molecule has 0 radical (unpaired) electrons. The van der Waals surface area contributed by atoms with Crippen molar-refractivity contribution in [3.63, 3.8) is 0 Å². The summed E-state index contributed by atoms with van der Waals surface area (Å²) >= 11 is 5.55. The van der Waals surface area contributed by atoms with Gasteiger partial charge in [-0.3, -0.25) is 0 Å². The van der Waals surface area contributed by atoms with Gasteiger partial charge in [-0.25, -0.2) is 8.42 Å². The molecule has 0 amide bonds. The maximum Gasteiger partial charge on any atom is 0.214 e. The number of hydrogen-bond donors (Lipinski definition) is 0. The third-order valence-corrected chi connectivity index (χ3v) is 4.48. The Labute approximate surface area is 110 Å². The Bertz CT molecular complexity index is 280. The van der Waals surface area contributed by atoms with E-state index in [-0.39, 0.29) is 5.75 Å². The number of ether oxygens (including phenoxy) is 1. The molecule has 0 aromatic carbocycles. The van der Waals surface area contributed by atoms with Gasteiger partial charge in [0.15, 0.2) is 0 Å². The summed E-state index contributed by atoms with van der Waals surface area (Å²) in [7, 11) is -1.59. The highest BCUT2D eigenvalue weighted by Crippen LogP contribution is 2.09. The zero-order chi connectivity index (χ0) is 13.3. The van der Waals surface area contributed by atoms with Crippen LogP contribution in [0.2, 0.25) is 0 Å². The van der Waals surface area contributed by atoms with E-state index in [2.05, 4.69) is 0 Å². The van der Waals surface area contributed by atoms with Crippen molar-refractivity contribution in [2.24, 2.45) is 5.92 Å². The summed E-state index contributed by atoms with van der Waals surface area (Å²) in [6.07, 6.45) is 1.36. The van der Waals surface area contributed by atoms with Gasteiger partial charge in [0.05, 0.1) is 12.4 Å². The van der Waals surface area contributed by atoms with E-state index in [1.165, 1.54) is 4.31 Å². The van der Waals surface area contributed by atoms with Crippen LogP contribution in [0, 0.1) is 5.92 Å². The SMILES string of the molecule is COCCN(CC(C)C)S(=O)(=O)CCCCCl. The molecule has 6 heteroatoms. The normalized spacial score (nSPS) is 12.6. The lowest BCUT2D eigenvalue weighted by Crippen LogP contribution is -2.38. The molecule has 0 aromatic heterocycles. The fourth-order valence-corrected chi connectivity index (χ4v) is 3.35. The lowest BCUT2D eigenvalue weighted by Gasteiger charge is -2.23. The van der Waals surface area contributed by atoms with E-state index in [9.17, 15) is 8.42 Å². The van der Waals surface area contributed by atoms with E-state index < -0.39 is 10.0 Å². The van der Waals surface area contributed by atoms with Crippen LogP contribution in [0.25, 0.3) is 0 Å². The average molecular weight is 286 g/mol. The molecule has 0 aliphatic heterocycles. The molecule has 0 fully saturated rings. The zero-order valence-corrected chi connectivity index (χ0v) is 12.6. The molecule has 0 aromatic rings. The molecule has 104 valence electrons. The number of nitrogens with zero attached hydrogens (tertiary/aromatic N) is 1. The minimum absolute atomic E-state index is 0.177. The van der Waals surface area contributed by atoms with Gasteiger partial charge in [-0.1, -0.05) is 13.8 Å². The molecule has 0 N–H and O–H groups in total. The van der Waals surface area contributed by atoms with Crippen molar-refractivity contribution < 1.29 is 13.2 Å². The number of methoxy groups -OCH3 is 1. The molecular formula is C11H24ClNO3S. The number of rotatable bonds is 10. The predicted octanol–water partition coefficient (Wildman–Crippen LogP) is 1.94. The van der Waals surface area contributed by atoms with Gasteiger partial charge in [0.1, 0.15) is 0 Å². The van der Waals surface area contributed by atoms with Crippen LogP contribution in [0.3, 0.4) is 0 Å². The van der Waals surface area contributed by atoms with Crippen molar-refractivity contribution in [3.05, 3.63) is 0 Å². The van der Waals surface area contributed by atoms with E-state index in [4.69, 9.17) is 16.3 Å². The molecule has 0 spiro atoms. The number of alkyl halides is 1. The van der Waals surface area contributed by atoms with Crippen LogP contribution in [-0.2, 0) is 14.8 Å². The molecule has 17 heavy (non-hydrogen) atoms. The zero-order valence-electron chi connectivity index (χ0n) is 11.0. The fraction of sp³-hybridized carbons (Fsp3) is 1.00. The molecule has 0 rings (SSSR count).